The predicted octanol–water partition coefficient (Wildman–Crippen LogP) is 1.56. The van der Waals surface area contributed by atoms with Gasteiger partial charge in [-0.1, -0.05) is 13.8 Å². The predicted molar refractivity (Wildman–Crippen MR) is 93.2 cm³/mol. The second-order valence-corrected chi connectivity index (χ2v) is 5.95. The van der Waals surface area contributed by atoms with Crippen LogP contribution >= 0.6 is 0 Å². The Balaban J connectivity index is 2.68. The van der Waals surface area contributed by atoms with Gasteiger partial charge in [0.25, 0.3) is 5.91 Å². The lowest BCUT2D eigenvalue weighted by molar-refractivity contribution is -0.145. The third kappa shape index (κ3) is 6.62. The van der Waals surface area contributed by atoms with Crippen LogP contribution in [0.1, 0.15) is 30.6 Å². The van der Waals surface area contributed by atoms with Crippen molar-refractivity contribution >= 4 is 17.8 Å². The van der Waals surface area contributed by atoms with Crippen molar-refractivity contribution in [3.8, 4) is 11.5 Å². The van der Waals surface area contributed by atoms with Gasteiger partial charge in [0.2, 0.25) is 0 Å². The van der Waals surface area contributed by atoms with E-state index in [1.54, 1.807) is 6.07 Å². The molecular weight excluding hydrogens is 342 g/mol. The van der Waals surface area contributed by atoms with Gasteiger partial charge in [-0.05, 0) is 24.5 Å². The lowest BCUT2D eigenvalue weighted by Gasteiger charge is -2.18. The van der Waals surface area contributed by atoms with Gasteiger partial charge in [-0.3, -0.25) is 4.79 Å². The van der Waals surface area contributed by atoms with Crippen molar-refractivity contribution in [1.82, 2.24) is 5.32 Å². The van der Waals surface area contributed by atoms with Crippen molar-refractivity contribution in [1.29, 1.82) is 0 Å². The molecule has 1 aromatic carbocycles. The van der Waals surface area contributed by atoms with Crippen LogP contribution in [0.25, 0.3) is 0 Å². The van der Waals surface area contributed by atoms with Gasteiger partial charge in [-0.2, -0.15) is 0 Å². The highest BCUT2D eigenvalue weighted by Crippen LogP contribution is 2.22. The van der Waals surface area contributed by atoms with Crippen molar-refractivity contribution in [2.45, 2.75) is 26.3 Å². The van der Waals surface area contributed by atoms with E-state index in [2.05, 4.69) is 10.1 Å². The molecule has 0 aromatic heterocycles. The maximum absolute atomic E-state index is 12.1. The van der Waals surface area contributed by atoms with Gasteiger partial charge in [0.05, 0.1) is 26.9 Å². The van der Waals surface area contributed by atoms with Gasteiger partial charge >= 0.3 is 11.9 Å². The average Bonchev–Trinajstić information content (AvgIpc) is 2.63. The van der Waals surface area contributed by atoms with Crippen LogP contribution in [0.15, 0.2) is 18.2 Å². The van der Waals surface area contributed by atoms with E-state index in [0.717, 1.165) is 0 Å². The summed E-state index contributed by atoms with van der Waals surface area (Å²) in [6.07, 6.45) is 0.416. The van der Waals surface area contributed by atoms with Crippen LogP contribution in [0, 0.1) is 5.92 Å². The second-order valence-electron chi connectivity index (χ2n) is 5.95. The summed E-state index contributed by atoms with van der Waals surface area (Å²) in [6.45, 7) is 3.31. The Morgan fingerprint density at radius 1 is 1.00 bits per heavy atom. The molecule has 8 nitrogen and oxygen atoms in total. The van der Waals surface area contributed by atoms with E-state index < -0.39 is 30.5 Å². The number of nitrogens with one attached hydrogen (secondary N) is 1. The van der Waals surface area contributed by atoms with Crippen LogP contribution < -0.4 is 14.8 Å². The zero-order valence-corrected chi connectivity index (χ0v) is 15.7. The van der Waals surface area contributed by atoms with E-state index in [4.69, 9.17) is 14.2 Å². The summed E-state index contributed by atoms with van der Waals surface area (Å²) in [5.74, 6) is -0.839. The van der Waals surface area contributed by atoms with Crippen LogP contribution in [0.2, 0.25) is 0 Å². The quantitative estimate of drug-likeness (QED) is 0.661. The molecule has 0 radical (unpaired) electrons. The van der Waals surface area contributed by atoms with Gasteiger partial charge in [0.1, 0.15) is 17.5 Å². The lowest BCUT2D eigenvalue weighted by atomic mass is 10.0. The minimum absolute atomic E-state index is 0.172. The molecule has 8 heteroatoms. The summed E-state index contributed by atoms with van der Waals surface area (Å²) >= 11 is 0. The average molecular weight is 367 g/mol. The normalized spacial score (nSPS) is 11.5. The molecule has 0 aliphatic rings. The molecule has 0 aliphatic heterocycles. The molecule has 0 bridgehead atoms. The summed E-state index contributed by atoms with van der Waals surface area (Å²) in [5.41, 5.74) is 0.181. The maximum atomic E-state index is 12.1. The first-order valence-corrected chi connectivity index (χ1v) is 8.08. The summed E-state index contributed by atoms with van der Waals surface area (Å²) in [5, 5.41) is 2.51. The molecule has 144 valence electrons. The summed E-state index contributed by atoms with van der Waals surface area (Å²) in [7, 11) is 4.16. The first kappa shape index (κ1) is 21.3. The fourth-order valence-electron chi connectivity index (χ4n) is 2.20. The van der Waals surface area contributed by atoms with Crippen molar-refractivity contribution in [2.75, 3.05) is 27.9 Å². The van der Waals surface area contributed by atoms with E-state index in [-0.39, 0.29) is 11.5 Å². The van der Waals surface area contributed by atoms with Gasteiger partial charge in [-0.15, -0.1) is 0 Å². The van der Waals surface area contributed by atoms with Crippen molar-refractivity contribution < 1.29 is 33.3 Å². The Labute approximate surface area is 152 Å². The number of hydrogen-bond acceptors (Lipinski definition) is 7. The molecule has 0 saturated heterocycles. The molecule has 1 N–H and O–H groups in total. The molecule has 1 atom stereocenters. The third-order valence-electron chi connectivity index (χ3n) is 3.45. The fraction of sp³-hybridized carbons (Fsp3) is 0.500. The van der Waals surface area contributed by atoms with Crippen LogP contribution in [0.3, 0.4) is 0 Å². The Bertz CT molecular complexity index is 620. The topological polar surface area (TPSA) is 100 Å². The highest BCUT2D eigenvalue weighted by molar-refractivity contribution is 5.92. The maximum Gasteiger partial charge on any atom is 0.338 e. The summed E-state index contributed by atoms with van der Waals surface area (Å²) in [6, 6.07) is 3.76. The molecule has 0 fully saturated rings. The molecule has 1 aromatic rings. The number of rotatable bonds is 9. The van der Waals surface area contributed by atoms with Gasteiger partial charge in [-0.25, -0.2) is 9.59 Å². The molecule has 1 rings (SSSR count). The van der Waals surface area contributed by atoms with Crippen molar-refractivity contribution in [2.24, 2.45) is 5.92 Å². The summed E-state index contributed by atoms with van der Waals surface area (Å²) in [4.78, 5) is 35.8. The first-order valence-electron chi connectivity index (χ1n) is 8.08. The van der Waals surface area contributed by atoms with Crippen LogP contribution in [0.5, 0.6) is 11.5 Å². The van der Waals surface area contributed by atoms with E-state index in [9.17, 15) is 14.4 Å². The molecule has 26 heavy (non-hydrogen) atoms. The number of carbonyl (C=O) groups is 3. The first-order chi connectivity index (χ1) is 12.3. The minimum Gasteiger partial charge on any atom is -0.497 e. The smallest absolute Gasteiger partial charge is 0.338 e. The Hall–Kier alpha value is -2.77. The third-order valence-corrected chi connectivity index (χ3v) is 3.45. The molecule has 1 unspecified atom stereocenters. The number of carbonyl (C=O) groups excluding carboxylic acids is 3. The van der Waals surface area contributed by atoms with Crippen LogP contribution in [-0.2, 0) is 19.1 Å². The number of hydrogen-bond donors (Lipinski definition) is 1. The standard InChI is InChI=1S/C18H25NO7/c1-11(2)6-15(18(22)25-5)19-16(20)10-26-17(21)12-7-13(23-3)9-14(8-12)24-4/h7-9,11,15H,6,10H2,1-5H3,(H,19,20). The zero-order valence-electron chi connectivity index (χ0n) is 15.7. The summed E-state index contributed by atoms with van der Waals surface area (Å²) < 4.78 is 19.8. The van der Waals surface area contributed by atoms with Gasteiger partial charge < -0.3 is 24.3 Å². The minimum atomic E-state index is -0.789. The Morgan fingerprint density at radius 2 is 1.58 bits per heavy atom. The largest absolute Gasteiger partial charge is 0.497 e. The fourth-order valence-corrected chi connectivity index (χ4v) is 2.20. The van der Waals surface area contributed by atoms with Crippen LogP contribution in [0.4, 0.5) is 0 Å². The van der Waals surface area contributed by atoms with Crippen LogP contribution in [-0.4, -0.2) is 51.8 Å². The highest BCUT2D eigenvalue weighted by atomic mass is 16.5. The lowest BCUT2D eigenvalue weighted by Crippen LogP contribution is -2.44. The SMILES string of the molecule is COC(=O)C(CC(C)C)NC(=O)COC(=O)c1cc(OC)cc(OC)c1. The number of ether oxygens (including phenoxy) is 4. The molecule has 0 spiro atoms. The number of esters is 2. The second kappa shape index (κ2) is 10.3. The Kier molecular flexibility index (Phi) is 8.41. The highest BCUT2D eigenvalue weighted by Gasteiger charge is 2.23. The Morgan fingerprint density at radius 3 is 2.04 bits per heavy atom. The number of methoxy groups -OCH3 is 3. The zero-order chi connectivity index (χ0) is 19.7. The molecule has 0 aliphatic carbocycles. The van der Waals surface area contributed by atoms with E-state index in [0.29, 0.717) is 17.9 Å². The monoisotopic (exact) mass is 367 g/mol. The molecule has 0 heterocycles. The number of amides is 1. The van der Waals surface area contributed by atoms with E-state index in [1.807, 2.05) is 13.8 Å². The van der Waals surface area contributed by atoms with Gasteiger partial charge in [0, 0.05) is 6.07 Å². The van der Waals surface area contributed by atoms with Gasteiger partial charge in [0.15, 0.2) is 6.61 Å². The molecule has 0 saturated carbocycles. The van der Waals surface area contributed by atoms with E-state index >= 15 is 0 Å². The molecule has 1 amide bonds. The van der Waals surface area contributed by atoms with Crippen molar-refractivity contribution in [3.05, 3.63) is 23.8 Å². The molecular formula is C18H25NO7. The van der Waals surface area contributed by atoms with Crippen molar-refractivity contribution in [3.63, 3.8) is 0 Å². The number of benzene rings is 1. The van der Waals surface area contributed by atoms with E-state index in [1.165, 1.54) is 33.5 Å².